The maximum absolute atomic E-state index is 7.37. The average Bonchev–Trinajstić information content (AvgIpc) is 3.09. The van der Waals surface area contributed by atoms with E-state index >= 15 is 0 Å². The van der Waals surface area contributed by atoms with Crippen LogP contribution in [-0.2, 0) is 85.2 Å². The van der Waals surface area contributed by atoms with Crippen molar-refractivity contribution in [2.24, 2.45) is 0 Å². The molecule has 16 heteroatoms. The summed E-state index contributed by atoms with van der Waals surface area (Å²) in [6.45, 7) is 37.6. The van der Waals surface area contributed by atoms with Gasteiger partial charge >= 0.3 is 0 Å². The monoisotopic (exact) mass is 1170 g/mol. The minimum Gasteiger partial charge on any atom is -0.491 e. The molecule has 0 fully saturated rings. The zero-order valence-electron chi connectivity index (χ0n) is 49.5. The van der Waals surface area contributed by atoms with Crippen molar-refractivity contribution in [3.8, 4) is 23.0 Å². The van der Waals surface area contributed by atoms with Gasteiger partial charge in [-0.05, 0) is 43.9 Å². The minimum absolute atomic E-state index is 0.247. The van der Waals surface area contributed by atoms with Crippen LogP contribution in [0.25, 0.3) is 0 Å². The van der Waals surface area contributed by atoms with Crippen molar-refractivity contribution in [1.29, 1.82) is 0 Å². The summed E-state index contributed by atoms with van der Waals surface area (Å²) >= 11 is 7.78. The molecule has 80 heavy (non-hydrogen) atoms. The van der Waals surface area contributed by atoms with Gasteiger partial charge in [-0.3, -0.25) is 0 Å². The fourth-order valence-electron chi connectivity index (χ4n) is 12.2. The Morgan fingerprint density at radius 1 is 0.212 bits per heavy atom. The van der Waals surface area contributed by atoms with E-state index < -0.39 is 0 Å². The van der Waals surface area contributed by atoms with E-state index in [2.05, 4.69) is 83.1 Å². The Bertz CT molecular complexity index is 2460. The van der Waals surface area contributed by atoms with Crippen LogP contribution in [0.3, 0.4) is 0 Å². The van der Waals surface area contributed by atoms with Crippen molar-refractivity contribution in [3.63, 3.8) is 0 Å². The van der Waals surface area contributed by atoms with Crippen molar-refractivity contribution >= 4 is 47.0 Å². The van der Waals surface area contributed by atoms with Crippen molar-refractivity contribution < 1.29 is 56.8 Å². The van der Waals surface area contributed by atoms with Gasteiger partial charge in [-0.15, -0.1) is 0 Å². The number of fused-ring (bicyclic) bond motifs is 4. The second-order valence-corrected chi connectivity index (χ2v) is 29.8. The molecule has 0 N–H and O–H groups in total. The van der Waals surface area contributed by atoms with Crippen molar-refractivity contribution in [2.45, 2.75) is 170 Å². The molecule has 436 valence electrons. The zero-order chi connectivity index (χ0) is 56.1. The third-order valence-corrected chi connectivity index (χ3v) is 20.8. The summed E-state index contributed by atoms with van der Waals surface area (Å²) in [7, 11) is 0. The highest BCUT2D eigenvalue weighted by molar-refractivity contribution is 8.01. The smallest absolute Gasteiger partial charge is 0.128 e. The predicted octanol–water partition coefficient (Wildman–Crippen LogP) is 13.1. The molecule has 12 nitrogen and oxygen atoms in total. The minimum atomic E-state index is -0.247. The summed E-state index contributed by atoms with van der Waals surface area (Å²) in [5.41, 5.74) is 14.1. The second-order valence-electron chi connectivity index (χ2n) is 25.7. The van der Waals surface area contributed by atoms with Gasteiger partial charge in [0.2, 0.25) is 0 Å². The lowest BCUT2D eigenvalue weighted by molar-refractivity contribution is -0.00709. The fourth-order valence-corrected chi connectivity index (χ4v) is 19.7. The number of ether oxygens (including phenoxy) is 12. The first-order chi connectivity index (χ1) is 38.3. The van der Waals surface area contributed by atoms with Gasteiger partial charge in [0.05, 0.1) is 106 Å². The number of hydrogen-bond acceptors (Lipinski definition) is 16. The lowest BCUT2D eigenvalue weighted by atomic mass is 9.78. The molecule has 4 aromatic rings. The lowest BCUT2D eigenvalue weighted by Gasteiger charge is -2.43. The molecule has 0 unspecified atom stereocenters. The summed E-state index contributed by atoms with van der Waals surface area (Å²) in [6.07, 6.45) is 2.52. The van der Waals surface area contributed by atoms with Gasteiger partial charge in [0.15, 0.2) is 0 Å². The maximum atomic E-state index is 7.37. The molecule has 6 aliphatic heterocycles. The van der Waals surface area contributed by atoms with E-state index in [1.165, 1.54) is 106 Å². The first-order valence-electron chi connectivity index (χ1n) is 29.1. The van der Waals surface area contributed by atoms with E-state index in [1.807, 2.05) is 47.0 Å². The fraction of sp³-hybridized carbons (Fsp3) is 0.625. The van der Waals surface area contributed by atoms with Gasteiger partial charge < -0.3 is 56.8 Å². The highest BCUT2D eigenvalue weighted by atomic mass is 32.2. The third kappa shape index (κ3) is 11.8. The van der Waals surface area contributed by atoms with Gasteiger partial charge in [0, 0.05) is 109 Å². The summed E-state index contributed by atoms with van der Waals surface area (Å²) in [5.74, 6) is 3.78. The Morgan fingerprint density at radius 2 is 0.350 bits per heavy atom. The van der Waals surface area contributed by atoms with Gasteiger partial charge in [-0.2, -0.15) is 0 Å². The van der Waals surface area contributed by atoms with Crippen LogP contribution in [0.4, 0.5) is 0 Å². The molecular formula is C64H84O12S4. The summed E-state index contributed by atoms with van der Waals surface area (Å²) in [4.78, 5) is 10.3. The number of rotatable bonds is 0. The van der Waals surface area contributed by atoms with E-state index in [4.69, 9.17) is 56.8 Å². The highest BCUT2D eigenvalue weighted by Crippen LogP contribution is 2.67. The van der Waals surface area contributed by atoms with E-state index in [1.54, 1.807) is 0 Å². The zero-order valence-corrected chi connectivity index (χ0v) is 52.8. The molecule has 6 heterocycles. The van der Waals surface area contributed by atoms with Crippen molar-refractivity contribution in [2.75, 3.05) is 132 Å². The van der Waals surface area contributed by atoms with Crippen LogP contribution in [0.15, 0.2) is 39.2 Å². The quantitative estimate of drug-likeness (QED) is 0.143. The molecule has 0 radical (unpaired) electrons. The summed E-state index contributed by atoms with van der Waals surface area (Å²) < 4.78 is 78.3. The van der Waals surface area contributed by atoms with Gasteiger partial charge in [-0.25, -0.2) is 0 Å². The van der Waals surface area contributed by atoms with E-state index in [0.29, 0.717) is 158 Å². The molecule has 0 spiro atoms. The van der Waals surface area contributed by atoms with E-state index in [0.717, 1.165) is 23.0 Å². The first kappa shape index (κ1) is 58.9. The lowest BCUT2D eigenvalue weighted by Crippen LogP contribution is -2.28. The SMILES string of the molecule is CC(C)(C)c1c2c3c4c5c1Sc1c(c6c7c(c1C(C)(C)C)Sc1c(c(c8c(c1C(C)(C)C)Sc1c(c(c(c(c1C(C)(C)C)S2)C3)OCCOCCOCCOCCOCCO6)C8)OCCOCCOCCOCCOCCO4)C7)C5. The molecule has 0 aromatic heterocycles. The summed E-state index contributed by atoms with van der Waals surface area (Å²) in [5, 5.41) is 0. The molecule has 4 aromatic carbocycles. The standard InChI is InChI=1S/C64H84O12S4/c1-61(2,3)45-53-37-33-39-50-41-35-43-52-44-36-42-51(75-31-27-71-23-19-67-16-15-66-18-22-70-26-30-74-50)40-34-38(49(37)73-29-25-69-21-17-65-13-14-68-20-24-72-28-32-76-52)54(45)78-56(40)47(63(7,8)9)58(42)80-60(44)48(64(10,11)12)59(43)79-57(41)46(55(39)77-53)62(4,5)6/h13-36H2,1-12H3. The molecule has 0 aliphatic carbocycles. The van der Waals surface area contributed by atoms with E-state index in [9.17, 15) is 0 Å². The Labute approximate surface area is 492 Å². The van der Waals surface area contributed by atoms with Crippen LogP contribution < -0.4 is 18.9 Å². The molecule has 0 atom stereocenters. The van der Waals surface area contributed by atoms with Crippen molar-refractivity contribution in [3.05, 3.63) is 66.8 Å². The molecule has 8 bridgehead atoms. The molecular weight excluding hydrogens is 1090 g/mol. The summed E-state index contributed by atoms with van der Waals surface area (Å²) in [6, 6.07) is 0. The van der Waals surface area contributed by atoms with Crippen LogP contribution >= 0.6 is 47.0 Å². The Hall–Kier alpha value is -2.84. The Morgan fingerprint density at radius 3 is 0.487 bits per heavy atom. The first-order valence-corrected chi connectivity index (χ1v) is 32.3. The average molecular weight is 1170 g/mol. The largest absolute Gasteiger partial charge is 0.491 e. The van der Waals surface area contributed by atoms with Crippen LogP contribution in [0.2, 0.25) is 0 Å². The topological polar surface area (TPSA) is 111 Å². The molecule has 0 amide bonds. The second kappa shape index (κ2) is 24.3. The Kier molecular flexibility index (Phi) is 17.9. The van der Waals surface area contributed by atoms with Crippen LogP contribution in [0.1, 0.15) is 150 Å². The maximum Gasteiger partial charge on any atom is 0.128 e. The molecule has 10 rings (SSSR count). The van der Waals surface area contributed by atoms with Gasteiger partial charge in [-0.1, -0.05) is 130 Å². The van der Waals surface area contributed by atoms with Gasteiger partial charge in [0.25, 0.3) is 0 Å². The predicted molar refractivity (Wildman–Crippen MR) is 317 cm³/mol. The molecule has 6 aliphatic rings. The van der Waals surface area contributed by atoms with Gasteiger partial charge in [0.1, 0.15) is 49.4 Å². The highest BCUT2D eigenvalue weighted by Gasteiger charge is 2.47. The Balaban J connectivity index is 1.25. The molecule has 0 saturated heterocycles. The van der Waals surface area contributed by atoms with Crippen LogP contribution in [0, 0.1) is 0 Å². The molecule has 0 saturated carbocycles. The van der Waals surface area contributed by atoms with Crippen LogP contribution in [0.5, 0.6) is 23.0 Å². The van der Waals surface area contributed by atoms with Crippen molar-refractivity contribution in [1.82, 2.24) is 0 Å². The van der Waals surface area contributed by atoms with E-state index in [-0.39, 0.29) is 21.7 Å². The number of benzene rings is 4. The number of hydrogen-bond donors (Lipinski definition) is 0. The normalized spacial score (nSPS) is 19.9. The van der Waals surface area contributed by atoms with Crippen LogP contribution in [-0.4, -0.2) is 132 Å². The third-order valence-electron chi connectivity index (χ3n) is 15.6.